The zero-order valence-corrected chi connectivity index (χ0v) is 12.7. The van der Waals surface area contributed by atoms with Gasteiger partial charge in [-0.05, 0) is 6.42 Å². The third kappa shape index (κ3) is 9.05. The monoisotopic (exact) mass is 339 g/mol. The van der Waals surface area contributed by atoms with E-state index in [0.29, 0.717) is 10.3 Å². The van der Waals surface area contributed by atoms with E-state index in [-0.39, 0.29) is 18.6 Å². The lowest BCUT2D eigenvalue weighted by Gasteiger charge is -2.16. The average molecular weight is 339 g/mol. The molecule has 0 aliphatic heterocycles. The van der Waals surface area contributed by atoms with Crippen molar-refractivity contribution in [3.05, 3.63) is 0 Å². The fraction of sp³-hybridized carbons (Fsp3) is 0.600. The Morgan fingerprint density at radius 1 is 1.24 bits per heavy atom. The first-order valence-corrected chi connectivity index (χ1v) is 7.93. The smallest absolute Gasteiger partial charge is 0.322 e. The molecule has 6 N–H and O–H groups in total. The maximum Gasteiger partial charge on any atom is 0.322 e. The molecule has 0 rings (SSSR count). The van der Waals surface area contributed by atoms with E-state index >= 15 is 0 Å². The van der Waals surface area contributed by atoms with Gasteiger partial charge in [-0.2, -0.15) is 0 Å². The number of carbonyl (C=O) groups is 4. The number of carboxylic acid groups (broad SMARTS) is 2. The Kier molecular flexibility index (Phi) is 9.41. The summed E-state index contributed by atoms with van der Waals surface area (Å²) < 4.78 is 0. The predicted molar refractivity (Wildman–Crippen MR) is 78.4 cm³/mol. The summed E-state index contributed by atoms with van der Waals surface area (Å²) >= 11 is 4.70. The highest BCUT2D eigenvalue weighted by Gasteiger charge is 2.21. The Labute approximate surface area is 128 Å². The molecule has 0 aromatic carbocycles. The van der Waals surface area contributed by atoms with E-state index in [1.54, 1.807) is 0 Å². The Bertz CT molecular complexity index is 431. The van der Waals surface area contributed by atoms with Crippen molar-refractivity contribution in [1.29, 1.82) is 0 Å². The maximum atomic E-state index is 11.7. The van der Waals surface area contributed by atoms with Crippen molar-refractivity contribution in [2.45, 2.75) is 24.9 Å². The molecule has 0 aliphatic rings. The van der Waals surface area contributed by atoms with Gasteiger partial charge < -0.3 is 26.6 Å². The summed E-state index contributed by atoms with van der Waals surface area (Å²) in [4.78, 5) is 44.1. The molecule has 0 fully saturated rings. The van der Waals surface area contributed by atoms with Gasteiger partial charge in [0.05, 0.1) is 0 Å². The third-order valence-corrected chi connectivity index (χ3v) is 3.28. The molecule has 2 amide bonds. The quantitative estimate of drug-likeness (QED) is 0.232. The molecule has 0 aromatic heterocycles. The van der Waals surface area contributed by atoms with E-state index in [2.05, 4.69) is 10.6 Å². The first-order chi connectivity index (χ1) is 9.77. The Morgan fingerprint density at radius 3 is 2.33 bits per heavy atom. The van der Waals surface area contributed by atoms with Gasteiger partial charge in [0.25, 0.3) is 0 Å². The lowest BCUT2D eigenvalue weighted by molar-refractivity contribution is -0.139. The highest BCUT2D eigenvalue weighted by molar-refractivity contribution is 8.17. The minimum absolute atomic E-state index is 0.0732. The number of carbonyl (C=O) groups excluding carboxylic acids is 2. The molecule has 9 nitrogen and oxygen atoms in total. The van der Waals surface area contributed by atoms with Crippen molar-refractivity contribution in [1.82, 2.24) is 10.6 Å². The van der Waals surface area contributed by atoms with Crippen LogP contribution in [-0.4, -0.2) is 58.3 Å². The van der Waals surface area contributed by atoms with E-state index in [0.717, 1.165) is 0 Å². The summed E-state index contributed by atoms with van der Waals surface area (Å²) in [5.74, 6) is -3.51. The molecule has 0 bridgehead atoms. The third-order valence-electron chi connectivity index (χ3n) is 2.32. The summed E-state index contributed by atoms with van der Waals surface area (Å²) in [5.41, 5.74) is 5.25. The van der Waals surface area contributed by atoms with Gasteiger partial charge in [0.15, 0.2) is 0 Å². The molecule has 0 spiro atoms. The predicted octanol–water partition coefficient (Wildman–Crippen LogP) is -2.86. The van der Waals surface area contributed by atoms with Crippen LogP contribution >= 0.6 is 0 Å². The SMILES string of the molecule is N[C@@H](CCC(=O)N[C@@H](C[SH]=S)C(=O)NCC(=O)O)C(=O)O. The first kappa shape index (κ1) is 19.4. The summed E-state index contributed by atoms with van der Waals surface area (Å²) in [6, 6.07) is -2.12. The number of aliphatic carboxylic acids is 2. The van der Waals surface area contributed by atoms with Gasteiger partial charge in [0.2, 0.25) is 11.8 Å². The number of nitrogens with one attached hydrogen (secondary N) is 2. The van der Waals surface area contributed by atoms with Gasteiger partial charge in [-0.1, -0.05) is 11.2 Å². The highest BCUT2D eigenvalue weighted by atomic mass is 32.8. The maximum absolute atomic E-state index is 11.7. The lowest BCUT2D eigenvalue weighted by atomic mass is 10.1. The molecule has 2 atom stereocenters. The van der Waals surface area contributed by atoms with Crippen molar-refractivity contribution in [3.63, 3.8) is 0 Å². The molecule has 21 heavy (non-hydrogen) atoms. The van der Waals surface area contributed by atoms with Crippen molar-refractivity contribution in [2.24, 2.45) is 5.73 Å². The van der Waals surface area contributed by atoms with Crippen LogP contribution in [0.1, 0.15) is 12.8 Å². The summed E-state index contributed by atoms with van der Waals surface area (Å²) in [6.07, 6.45) is -0.235. The first-order valence-electron chi connectivity index (χ1n) is 5.84. The molecule has 0 saturated heterocycles. The number of rotatable bonds is 10. The van der Waals surface area contributed by atoms with E-state index in [1.165, 1.54) is 0 Å². The Morgan fingerprint density at radius 2 is 1.86 bits per heavy atom. The van der Waals surface area contributed by atoms with Crippen molar-refractivity contribution in [2.75, 3.05) is 12.3 Å². The second-order valence-electron chi connectivity index (χ2n) is 4.03. The summed E-state index contributed by atoms with van der Waals surface area (Å²) in [5, 5.41) is 21.5. The second kappa shape index (κ2) is 10.2. The number of amides is 2. The van der Waals surface area contributed by atoms with Gasteiger partial charge >= 0.3 is 11.9 Å². The van der Waals surface area contributed by atoms with Crippen LogP contribution in [0.4, 0.5) is 0 Å². The number of hydrogen-bond acceptors (Lipinski definition) is 6. The van der Waals surface area contributed by atoms with Crippen LogP contribution < -0.4 is 16.4 Å². The number of carboxylic acids is 2. The number of nitrogens with two attached hydrogens (primary N) is 1. The Hall–Kier alpha value is -1.59. The molecule has 11 heteroatoms. The molecular formula is C10H17N3O6S2. The molecule has 0 aromatic rings. The van der Waals surface area contributed by atoms with E-state index in [1.807, 2.05) is 0 Å². The summed E-state index contributed by atoms with van der Waals surface area (Å²) in [6.45, 7) is -0.566. The van der Waals surface area contributed by atoms with Crippen LogP contribution in [0.15, 0.2) is 0 Å². The minimum atomic E-state index is -1.22. The fourth-order valence-corrected chi connectivity index (χ4v) is 2.08. The van der Waals surface area contributed by atoms with Crippen LogP contribution in [-0.2, 0) is 40.7 Å². The molecule has 0 heterocycles. The Balaban J connectivity index is 4.38. The topological polar surface area (TPSA) is 159 Å². The minimum Gasteiger partial charge on any atom is -0.480 e. The molecule has 120 valence electrons. The van der Waals surface area contributed by atoms with Gasteiger partial charge in [-0.3, -0.25) is 19.2 Å². The van der Waals surface area contributed by atoms with Crippen LogP contribution in [0.3, 0.4) is 0 Å². The second-order valence-corrected chi connectivity index (χ2v) is 5.42. The molecule has 0 radical (unpaired) electrons. The van der Waals surface area contributed by atoms with Crippen LogP contribution in [0.5, 0.6) is 0 Å². The van der Waals surface area contributed by atoms with Crippen LogP contribution in [0.2, 0.25) is 0 Å². The highest BCUT2D eigenvalue weighted by Crippen LogP contribution is 1.96. The zero-order chi connectivity index (χ0) is 16.4. The number of hydrogen-bond donors (Lipinski definition) is 6. The summed E-state index contributed by atoms with van der Waals surface area (Å²) in [7, 11) is 0.425. The van der Waals surface area contributed by atoms with Crippen molar-refractivity contribution in [3.8, 4) is 0 Å². The van der Waals surface area contributed by atoms with E-state index in [9.17, 15) is 19.2 Å². The fourth-order valence-electron chi connectivity index (χ4n) is 1.23. The van der Waals surface area contributed by atoms with E-state index < -0.39 is 42.4 Å². The molecule has 0 saturated carbocycles. The lowest BCUT2D eigenvalue weighted by Crippen LogP contribution is -2.50. The number of thiol groups is 1. The van der Waals surface area contributed by atoms with E-state index in [4.69, 9.17) is 27.1 Å². The van der Waals surface area contributed by atoms with Crippen LogP contribution in [0.25, 0.3) is 0 Å². The van der Waals surface area contributed by atoms with Gasteiger partial charge in [-0.25, -0.2) is 0 Å². The van der Waals surface area contributed by atoms with Gasteiger partial charge in [0, 0.05) is 12.2 Å². The van der Waals surface area contributed by atoms with Crippen molar-refractivity contribution < 1.29 is 29.4 Å². The molecule has 0 aliphatic carbocycles. The largest absolute Gasteiger partial charge is 0.480 e. The van der Waals surface area contributed by atoms with Crippen molar-refractivity contribution >= 4 is 45.3 Å². The van der Waals surface area contributed by atoms with Crippen LogP contribution in [0, 0.1) is 0 Å². The molecular weight excluding hydrogens is 322 g/mol. The van der Waals surface area contributed by atoms with Gasteiger partial charge in [-0.15, -0.1) is 10.3 Å². The normalized spacial score (nSPS) is 13.0. The zero-order valence-electron chi connectivity index (χ0n) is 10.9. The molecule has 0 unspecified atom stereocenters. The van der Waals surface area contributed by atoms with Gasteiger partial charge in [0.1, 0.15) is 18.6 Å². The standard InChI is InChI=1S/C10H17N3O6S2/c11-5(10(18)19)1-2-7(14)13-6(4-21-20)9(17)12-3-8(15)16/h5-6,21H,1-4,11H2,(H,12,17)(H,13,14)(H,15,16)(H,18,19)/t5-,6-/m0/s1. The average Bonchev–Trinajstić information content (AvgIpc) is 2.41.